The van der Waals surface area contributed by atoms with Crippen LogP contribution >= 0.6 is 11.8 Å². The Hall–Kier alpha value is -2.52. The molecule has 0 radical (unpaired) electrons. The van der Waals surface area contributed by atoms with Gasteiger partial charge in [-0.2, -0.15) is 0 Å². The van der Waals surface area contributed by atoms with Gasteiger partial charge in [0.05, 0.1) is 11.3 Å². The molecule has 2 atom stereocenters. The van der Waals surface area contributed by atoms with Crippen LogP contribution in [0.15, 0.2) is 89.8 Å². The molecule has 4 rings (SSSR count). The van der Waals surface area contributed by atoms with Crippen LogP contribution in [0.4, 0.5) is 5.69 Å². The monoisotopic (exact) mass is 331 g/mol. The molecule has 1 aliphatic heterocycles. The van der Waals surface area contributed by atoms with Gasteiger partial charge in [-0.15, -0.1) is 11.8 Å². The van der Waals surface area contributed by atoms with Crippen molar-refractivity contribution >= 4 is 23.2 Å². The highest BCUT2D eigenvalue weighted by Gasteiger charge is 2.35. The molecule has 1 aliphatic rings. The van der Waals surface area contributed by atoms with Crippen molar-refractivity contribution in [1.29, 1.82) is 0 Å². The summed E-state index contributed by atoms with van der Waals surface area (Å²) in [7, 11) is 0. The topological polar surface area (TPSA) is 29.1 Å². The largest absolute Gasteiger partial charge is 0.376 e. The van der Waals surface area contributed by atoms with E-state index in [2.05, 4.69) is 29.6 Å². The first-order valence-corrected chi connectivity index (χ1v) is 8.87. The average molecular weight is 331 g/mol. The lowest BCUT2D eigenvalue weighted by atomic mass is 9.96. The van der Waals surface area contributed by atoms with Crippen molar-refractivity contribution in [3.05, 3.63) is 96.1 Å². The Balaban J connectivity index is 1.75. The number of ketones is 1. The van der Waals surface area contributed by atoms with Gasteiger partial charge in [-0.05, 0) is 17.7 Å². The van der Waals surface area contributed by atoms with Crippen LogP contribution in [-0.4, -0.2) is 11.0 Å². The maximum absolute atomic E-state index is 13.1. The number of carbonyl (C=O) groups is 1. The highest BCUT2D eigenvalue weighted by atomic mass is 32.2. The summed E-state index contributed by atoms with van der Waals surface area (Å²) in [5, 5.41) is 3.38. The fraction of sp³-hybridized carbons (Fsp3) is 0.0952. The number of hydrogen-bond donors (Lipinski definition) is 1. The molecule has 3 aromatic rings. The Morgan fingerprint density at radius 3 is 2.17 bits per heavy atom. The zero-order chi connectivity index (χ0) is 16.4. The molecular formula is C21H17NOS. The standard InChI is InChI=1S/C21H17NOS/c23-20(16-11-5-2-6-12-16)21-19(15-9-3-1-4-10-15)22-17-13-7-8-14-18(17)24-21/h1-14,19,21-22H. The number of fused-ring (bicyclic) bond motifs is 1. The van der Waals surface area contributed by atoms with E-state index in [1.165, 1.54) is 0 Å². The van der Waals surface area contributed by atoms with Gasteiger partial charge in [-0.1, -0.05) is 72.8 Å². The summed E-state index contributed by atoms with van der Waals surface area (Å²) < 4.78 is 0. The van der Waals surface area contributed by atoms with Crippen LogP contribution in [0.25, 0.3) is 0 Å². The smallest absolute Gasteiger partial charge is 0.178 e. The molecule has 1 N–H and O–H groups in total. The minimum absolute atomic E-state index is 0.0428. The van der Waals surface area contributed by atoms with Gasteiger partial charge in [-0.25, -0.2) is 0 Å². The molecule has 0 amide bonds. The lowest BCUT2D eigenvalue weighted by Gasteiger charge is -2.33. The van der Waals surface area contributed by atoms with Crippen molar-refractivity contribution in [2.24, 2.45) is 0 Å². The number of carbonyl (C=O) groups excluding carboxylic acids is 1. The molecule has 0 spiro atoms. The van der Waals surface area contributed by atoms with E-state index >= 15 is 0 Å². The van der Waals surface area contributed by atoms with Gasteiger partial charge in [0.2, 0.25) is 0 Å². The Morgan fingerprint density at radius 2 is 1.42 bits per heavy atom. The SMILES string of the molecule is O=C(c1ccccc1)C1Sc2ccccc2NC1c1ccccc1. The van der Waals surface area contributed by atoms with Gasteiger partial charge < -0.3 is 5.32 Å². The van der Waals surface area contributed by atoms with Crippen LogP contribution < -0.4 is 5.32 Å². The number of anilines is 1. The third-order valence-electron chi connectivity index (χ3n) is 4.23. The number of hydrogen-bond acceptors (Lipinski definition) is 3. The molecule has 2 nitrogen and oxygen atoms in total. The zero-order valence-electron chi connectivity index (χ0n) is 13.1. The number of benzene rings is 3. The van der Waals surface area contributed by atoms with E-state index in [-0.39, 0.29) is 17.1 Å². The third kappa shape index (κ3) is 2.83. The van der Waals surface area contributed by atoms with Crippen molar-refractivity contribution in [3.63, 3.8) is 0 Å². The molecule has 118 valence electrons. The number of rotatable bonds is 3. The normalized spacial score (nSPS) is 19.2. The van der Waals surface area contributed by atoms with E-state index in [0.717, 1.165) is 21.7 Å². The molecule has 0 aromatic heterocycles. The van der Waals surface area contributed by atoms with Crippen LogP contribution in [0.1, 0.15) is 22.0 Å². The number of para-hydroxylation sites is 1. The quantitative estimate of drug-likeness (QED) is 0.669. The average Bonchev–Trinajstić information content (AvgIpc) is 2.68. The predicted molar refractivity (Wildman–Crippen MR) is 99.7 cm³/mol. The second-order valence-electron chi connectivity index (χ2n) is 5.80. The maximum Gasteiger partial charge on any atom is 0.178 e. The van der Waals surface area contributed by atoms with E-state index in [1.54, 1.807) is 11.8 Å². The molecule has 0 saturated carbocycles. The lowest BCUT2D eigenvalue weighted by Crippen LogP contribution is -2.33. The van der Waals surface area contributed by atoms with Gasteiger partial charge in [0.15, 0.2) is 5.78 Å². The summed E-state index contributed by atoms with van der Waals surface area (Å²) in [6.45, 7) is 0. The lowest BCUT2D eigenvalue weighted by molar-refractivity contribution is 0.0983. The van der Waals surface area contributed by atoms with E-state index in [0.29, 0.717) is 0 Å². The first-order chi connectivity index (χ1) is 11.8. The first-order valence-electron chi connectivity index (χ1n) is 7.99. The summed E-state index contributed by atoms with van der Waals surface area (Å²) in [6.07, 6.45) is 0. The fourth-order valence-electron chi connectivity index (χ4n) is 3.03. The van der Waals surface area contributed by atoms with Crippen LogP contribution in [0.3, 0.4) is 0 Å². The summed E-state index contributed by atoms with van der Waals surface area (Å²) in [5.74, 6) is 0.163. The molecule has 0 fully saturated rings. The van der Waals surface area contributed by atoms with Crippen LogP contribution in [0.5, 0.6) is 0 Å². The van der Waals surface area contributed by atoms with E-state index in [4.69, 9.17) is 0 Å². The second-order valence-corrected chi connectivity index (χ2v) is 6.98. The predicted octanol–water partition coefficient (Wildman–Crippen LogP) is 5.20. The van der Waals surface area contributed by atoms with Gasteiger partial charge in [0.25, 0.3) is 0 Å². The van der Waals surface area contributed by atoms with Crippen molar-refractivity contribution in [1.82, 2.24) is 0 Å². The van der Waals surface area contributed by atoms with Gasteiger partial charge in [0, 0.05) is 16.1 Å². The summed E-state index contributed by atoms with van der Waals surface area (Å²) in [5.41, 5.74) is 2.99. The third-order valence-corrected chi connectivity index (χ3v) is 5.58. The van der Waals surface area contributed by atoms with Gasteiger partial charge in [-0.3, -0.25) is 4.79 Å². The molecule has 24 heavy (non-hydrogen) atoms. The first kappa shape index (κ1) is 15.0. The minimum Gasteiger partial charge on any atom is -0.376 e. The molecule has 0 bridgehead atoms. The van der Waals surface area contributed by atoms with Crippen molar-refractivity contribution in [2.45, 2.75) is 16.2 Å². The Morgan fingerprint density at radius 1 is 0.792 bits per heavy atom. The molecule has 0 aliphatic carbocycles. The highest BCUT2D eigenvalue weighted by Crippen LogP contribution is 2.44. The molecule has 0 saturated heterocycles. The van der Waals surface area contributed by atoms with E-state index in [1.807, 2.05) is 60.7 Å². The maximum atomic E-state index is 13.1. The number of Topliss-reactive ketones (excluding diaryl/α,β-unsaturated/α-hetero) is 1. The number of thioether (sulfide) groups is 1. The Labute approximate surface area is 145 Å². The zero-order valence-corrected chi connectivity index (χ0v) is 13.9. The van der Waals surface area contributed by atoms with Crippen molar-refractivity contribution in [3.8, 4) is 0 Å². The van der Waals surface area contributed by atoms with Crippen LogP contribution in [0, 0.1) is 0 Å². The van der Waals surface area contributed by atoms with Crippen molar-refractivity contribution < 1.29 is 4.79 Å². The van der Waals surface area contributed by atoms with E-state index in [9.17, 15) is 4.79 Å². The molecular weight excluding hydrogens is 314 g/mol. The molecule has 2 unspecified atom stereocenters. The summed E-state index contributed by atoms with van der Waals surface area (Å²) in [4.78, 5) is 14.3. The van der Waals surface area contributed by atoms with E-state index < -0.39 is 0 Å². The summed E-state index contributed by atoms with van der Waals surface area (Å²) in [6, 6.07) is 27.9. The minimum atomic E-state index is -0.190. The van der Waals surface area contributed by atoms with Gasteiger partial charge >= 0.3 is 0 Å². The fourth-order valence-corrected chi connectivity index (χ4v) is 4.32. The molecule has 3 heteroatoms. The highest BCUT2D eigenvalue weighted by molar-refractivity contribution is 8.01. The van der Waals surface area contributed by atoms with Crippen molar-refractivity contribution in [2.75, 3.05) is 5.32 Å². The van der Waals surface area contributed by atoms with Crippen LogP contribution in [0.2, 0.25) is 0 Å². The Kier molecular flexibility index (Phi) is 4.09. The molecule has 1 heterocycles. The summed E-state index contributed by atoms with van der Waals surface area (Å²) >= 11 is 1.65. The van der Waals surface area contributed by atoms with Gasteiger partial charge in [0.1, 0.15) is 0 Å². The number of nitrogens with one attached hydrogen (secondary N) is 1. The second kappa shape index (κ2) is 6.54. The molecule has 3 aromatic carbocycles. The Bertz CT molecular complexity index is 848. The van der Waals surface area contributed by atoms with Crippen LogP contribution in [-0.2, 0) is 0 Å².